The van der Waals surface area contributed by atoms with Gasteiger partial charge in [-0.1, -0.05) is 30.3 Å². The molecule has 0 saturated carbocycles. The maximum Gasteiger partial charge on any atom is 0.242 e. The van der Waals surface area contributed by atoms with Crippen molar-refractivity contribution in [2.24, 2.45) is 5.73 Å². The van der Waals surface area contributed by atoms with Crippen molar-refractivity contribution < 1.29 is 14.7 Å². The number of aliphatic hydroxyl groups excluding tert-OH is 1. The van der Waals surface area contributed by atoms with Crippen LogP contribution in [0.3, 0.4) is 0 Å². The fourth-order valence-corrected chi connectivity index (χ4v) is 1.99. The first-order chi connectivity index (χ1) is 8.59. The Morgan fingerprint density at radius 2 is 2.06 bits per heavy atom. The lowest BCUT2D eigenvalue weighted by Gasteiger charge is -2.43. The smallest absolute Gasteiger partial charge is 0.242 e. The van der Waals surface area contributed by atoms with E-state index in [4.69, 9.17) is 5.73 Å². The van der Waals surface area contributed by atoms with Gasteiger partial charge in [0.1, 0.15) is 12.1 Å². The molecule has 0 spiro atoms. The molecule has 1 fully saturated rings. The van der Waals surface area contributed by atoms with Crippen molar-refractivity contribution in [1.29, 1.82) is 0 Å². The lowest BCUT2D eigenvalue weighted by molar-refractivity contribution is -0.156. The van der Waals surface area contributed by atoms with Gasteiger partial charge in [0, 0.05) is 0 Å². The third-order valence-corrected chi connectivity index (χ3v) is 3.01. The van der Waals surface area contributed by atoms with Gasteiger partial charge in [-0.3, -0.25) is 9.59 Å². The van der Waals surface area contributed by atoms with Gasteiger partial charge in [-0.2, -0.15) is 0 Å². The van der Waals surface area contributed by atoms with Crippen molar-refractivity contribution in [3.05, 3.63) is 42.3 Å². The molecule has 1 aliphatic rings. The number of amides is 2. The second kappa shape index (κ2) is 5.18. The number of likely N-dealkylation sites (tertiary alicyclic amines) is 1. The van der Waals surface area contributed by atoms with Gasteiger partial charge < -0.3 is 15.7 Å². The Labute approximate surface area is 105 Å². The Hall–Kier alpha value is -1.88. The highest BCUT2D eigenvalue weighted by Crippen LogP contribution is 2.19. The molecule has 1 unspecified atom stereocenters. The molecule has 5 heteroatoms. The summed E-state index contributed by atoms with van der Waals surface area (Å²) in [7, 11) is 0. The van der Waals surface area contributed by atoms with Crippen molar-refractivity contribution in [3.8, 4) is 0 Å². The summed E-state index contributed by atoms with van der Waals surface area (Å²) in [6, 6.07) is 8.64. The van der Waals surface area contributed by atoms with Gasteiger partial charge in [0.15, 0.2) is 0 Å². The van der Waals surface area contributed by atoms with Crippen LogP contribution in [0.1, 0.15) is 5.56 Å². The number of carbonyl (C=O) groups is 2. The molecule has 2 rings (SSSR count). The van der Waals surface area contributed by atoms with Crippen LogP contribution in [-0.2, 0) is 16.0 Å². The Balaban J connectivity index is 1.88. The number of nitrogens with zero attached hydrogens (tertiary/aromatic N) is 1. The molecule has 1 aromatic rings. The van der Waals surface area contributed by atoms with Crippen molar-refractivity contribution in [2.75, 3.05) is 6.54 Å². The van der Waals surface area contributed by atoms with Crippen molar-refractivity contribution in [2.45, 2.75) is 18.6 Å². The van der Waals surface area contributed by atoms with Crippen molar-refractivity contribution in [1.82, 2.24) is 4.90 Å². The largest absolute Gasteiger partial charge is 0.389 e. The van der Waals surface area contributed by atoms with Crippen LogP contribution < -0.4 is 5.73 Å². The third kappa shape index (κ3) is 2.51. The van der Waals surface area contributed by atoms with E-state index in [1.807, 2.05) is 30.3 Å². The summed E-state index contributed by atoms with van der Waals surface area (Å²) in [4.78, 5) is 24.1. The zero-order valence-electron chi connectivity index (χ0n) is 9.82. The molecule has 1 aliphatic heterocycles. The minimum Gasteiger partial charge on any atom is -0.389 e. The Kier molecular flexibility index (Phi) is 3.62. The summed E-state index contributed by atoms with van der Waals surface area (Å²) in [6.07, 6.45) is 1.16. The fourth-order valence-electron chi connectivity index (χ4n) is 1.99. The Morgan fingerprint density at radius 3 is 2.61 bits per heavy atom. The van der Waals surface area contributed by atoms with Crippen LogP contribution >= 0.6 is 0 Å². The summed E-state index contributed by atoms with van der Waals surface area (Å²) < 4.78 is 0. The molecular formula is C13H15N2O3. The molecule has 2 atom stereocenters. The standard InChI is InChI=1S/C13H15N2O3/c14-13(18)12-10(16)8-15(12)11(17)7-6-9-4-2-1-3-5-9/h1-5,7,10,12,16H,6,8H2,(H2,14,18)/t10-,12?/m0/s1. The molecule has 1 radical (unpaired) electrons. The number of rotatable bonds is 4. The third-order valence-electron chi connectivity index (χ3n) is 3.01. The van der Waals surface area contributed by atoms with E-state index in [0.29, 0.717) is 6.42 Å². The average molecular weight is 247 g/mol. The molecule has 0 bridgehead atoms. The lowest BCUT2D eigenvalue weighted by Crippen LogP contribution is -2.67. The van der Waals surface area contributed by atoms with Crippen LogP contribution in [0.25, 0.3) is 0 Å². The van der Waals surface area contributed by atoms with Gasteiger partial charge in [-0.05, 0) is 12.0 Å². The van der Waals surface area contributed by atoms with E-state index in [-0.39, 0.29) is 12.5 Å². The van der Waals surface area contributed by atoms with E-state index >= 15 is 0 Å². The summed E-state index contributed by atoms with van der Waals surface area (Å²) in [6.45, 7) is 0.164. The quantitative estimate of drug-likeness (QED) is 0.751. The molecule has 1 saturated heterocycles. The number of hydrogen-bond acceptors (Lipinski definition) is 3. The minimum absolute atomic E-state index is 0.164. The highest BCUT2D eigenvalue weighted by atomic mass is 16.3. The van der Waals surface area contributed by atoms with Gasteiger partial charge in [0.2, 0.25) is 11.8 Å². The summed E-state index contributed by atoms with van der Waals surface area (Å²) in [5.41, 5.74) is 6.13. The highest BCUT2D eigenvalue weighted by molar-refractivity contribution is 5.93. The summed E-state index contributed by atoms with van der Waals surface area (Å²) >= 11 is 0. The van der Waals surface area contributed by atoms with Gasteiger partial charge in [0.05, 0.1) is 13.0 Å². The number of aliphatic hydroxyl groups is 1. The van der Waals surface area contributed by atoms with E-state index in [1.54, 1.807) is 0 Å². The van der Waals surface area contributed by atoms with E-state index in [2.05, 4.69) is 0 Å². The topological polar surface area (TPSA) is 83.6 Å². The lowest BCUT2D eigenvalue weighted by atomic mass is 9.97. The Morgan fingerprint density at radius 1 is 1.39 bits per heavy atom. The Bertz CT molecular complexity index is 447. The molecule has 3 N–H and O–H groups in total. The SMILES string of the molecule is NC(=O)C1[C@@H](O)CN1C(=O)[CH]Cc1ccccc1. The first kappa shape index (κ1) is 12.6. The predicted molar refractivity (Wildman–Crippen MR) is 65.1 cm³/mol. The average Bonchev–Trinajstić information content (AvgIpc) is 2.33. The molecule has 18 heavy (non-hydrogen) atoms. The summed E-state index contributed by atoms with van der Waals surface area (Å²) in [5, 5.41) is 9.37. The second-order valence-electron chi connectivity index (χ2n) is 4.30. The van der Waals surface area contributed by atoms with Gasteiger partial charge in [-0.25, -0.2) is 0 Å². The molecule has 1 aromatic carbocycles. The zero-order chi connectivity index (χ0) is 13.1. The van der Waals surface area contributed by atoms with Gasteiger partial charge in [-0.15, -0.1) is 0 Å². The van der Waals surface area contributed by atoms with Crippen LogP contribution in [-0.4, -0.2) is 40.5 Å². The minimum atomic E-state index is -0.885. The molecule has 0 aromatic heterocycles. The van der Waals surface area contributed by atoms with Gasteiger partial charge in [0.25, 0.3) is 0 Å². The first-order valence-electron chi connectivity index (χ1n) is 5.74. The van der Waals surface area contributed by atoms with E-state index in [0.717, 1.165) is 5.56 Å². The molecule has 1 heterocycles. The number of primary amides is 1. The molecule has 5 nitrogen and oxygen atoms in total. The van der Waals surface area contributed by atoms with Crippen LogP contribution in [0.15, 0.2) is 30.3 Å². The number of β-amino-alcohol motifs (C(OH)–C–C–N with tert-alkyl or cyclic N) is 1. The van der Waals surface area contributed by atoms with Crippen LogP contribution in [0.4, 0.5) is 0 Å². The van der Waals surface area contributed by atoms with E-state index in [9.17, 15) is 14.7 Å². The highest BCUT2D eigenvalue weighted by Gasteiger charge is 2.44. The molecule has 0 aliphatic carbocycles. The van der Waals surface area contributed by atoms with E-state index < -0.39 is 18.1 Å². The van der Waals surface area contributed by atoms with Crippen molar-refractivity contribution >= 4 is 11.8 Å². The second-order valence-corrected chi connectivity index (χ2v) is 4.30. The predicted octanol–water partition coefficient (Wildman–Crippen LogP) is -0.510. The maximum absolute atomic E-state index is 11.8. The van der Waals surface area contributed by atoms with Gasteiger partial charge >= 0.3 is 0 Å². The summed E-state index contributed by atoms with van der Waals surface area (Å²) in [5.74, 6) is -0.942. The molecular weight excluding hydrogens is 232 g/mol. The first-order valence-corrected chi connectivity index (χ1v) is 5.74. The monoisotopic (exact) mass is 247 g/mol. The normalized spacial score (nSPS) is 22.4. The zero-order valence-corrected chi connectivity index (χ0v) is 9.82. The van der Waals surface area contributed by atoms with Crippen LogP contribution in [0.5, 0.6) is 0 Å². The maximum atomic E-state index is 11.8. The molecule has 95 valence electrons. The van der Waals surface area contributed by atoms with Crippen molar-refractivity contribution in [3.63, 3.8) is 0 Å². The van der Waals surface area contributed by atoms with E-state index in [1.165, 1.54) is 11.3 Å². The number of benzene rings is 1. The number of hydrogen-bond donors (Lipinski definition) is 2. The fraction of sp³-hybridized carbons (Fsp3) is 0.308. The van der Waals surface area contributed by atoms with Crippen LogP contribution in [0.2, 0.25) is 0 Å². The molecule has 2 amide bonds. The number of carbonyl (C=O) groups excluding carboxylic acids is 2. The van der Waals surface area contributed by atoms with Crippen LogP contribution in [0, 0.1) is 6.42 Å². The number of nitrogens with two attached hydrogens (primary N) is 1.